The summed E-state index contributed by atoms with van der Waals surface area (Å²) in [6.07, 6.45) is 1.84. The van der Waals surface area contributed by atoms with Gasteiger partial charge in [-0.2, -0.15) is 0 Å². The molecule has 0 spiro atoms. The number of ether oxygens (including phenoxy) is 3. The van der Waals surface area contributed by atoms with Gasteiger partial charge in [0.15, 0.2) is 11.5 Å². The molecule has 1 aliphatic rings. The van der Waals surface area contributed by atoms with Crippen molar-refractivity contribution in [2.24, 2.45) is 4.99 Å². The number of rotatable bonds is 8. The van der Waals surface area contributed by atoms with E-state index in [1.54, 1.807) is 0 Å². The van der Waals surface area contributed by atoms with Crippen molar-refractivity contribution >= 4 is 49.4 Å². The molecule has 3 aromatic carbocycles. The zero-order chi connectivity index (χ0) is 23.0. The molecule has 0 N–H and O–H groups in total. The average molecular weight is 574 g/mol. The molecule has 1 heterocycles. The minimum Gasteiger partial charge on any atom is -0.490 e. The first kappa shape index (κ1) is 23.8. The topological polar surface area (TPSA) is 43.3 Å². The van der Waals surface area contributed by atoms with E-state index in [-0.39, 0.29) is 0 Å². The number of anilines is 1. The average Bonchev–Trinajstić information content (AvgIpc) is 2.85. The fourth-order valence-electron chi connectivity index (χ4n) is 3.49. The van der Waals surface area contributed by atoms with Crippen molar-refractivity contribution in [1.29, 1.82) is 0 Å². The molecule has 0 atom stereocenters. The Morgan fingerprint density at radius 3 is 2.33 bits per heavy atom. The minimum atomic E-state index is 0.461. The van der Waals surface area contributed by atoms with Crippen LogP contribution in [-0.2, 0) is 11.3 Å². The third-order valence-corrected chi connectivity index (χ3v) is 6.46. The Morgan fingerprint density at radius 2 is 1.64 bits per heavy atom. The van der Waals surface area contributed by atoms with E-state index in [0.29, 0.717) is 24.7 Å². The Balaban J connectivity index is 1.47. The quantitative estimate of drug-likeness (QED) is 0.279. The van der Waals surface area contributed by atoms with E-state index in [4.69, 9.17) is 14.2 Å². The SMILES string of the molecule is CCOc1cc(C=Nc2ccc(N3CCOCC3)cc2)c(Br)cc1OCc1ccc(Br)cc1. The lowest BCUT2D eigenvalue weighted by atomic mass is 10.2. The van der Waals surface area contributed by atoms with Crippen molar-refractivity contribution in [2.45, 2.75) is 13.5 Å². The molecule has 33 heavy (non-hydrogen) atoms. The fraction of sp³-hybridized carbons (Fsp3) is 0.269. The molecule has 7 heteroatoms. The number of hydrogen-bond acceptors (Lipinski definition) is 5. The molecular formula is C26H26Br2N2O3. The zero-order valence-electron chi connectivity index (χ0n) is 18.5. The van der Waals surface area contributed by atoms with Crippen LogP contribution in [0.3, 0.4) is 0 Å². The van der Waals surface area contributed by atoms with Gasteiger partial charge in [0, 0.05) is 39.5 Å². The molecule has 4 rings (SSSR count). The van der Waals surface area contributed by atoms with Gasteiger partial charge in [0.05, 0.1) is 25.5 Å². The van der Waals surface area contributed by atoms with E-state index in [1.165, 1.54) is 5.69 Å². The van der Waals surface area contributed by atoms with Crippen LogP contribution < -0.4 is 14.4 Å². The summed E-state index contributed by atoms with van der Waals surface area (Å²) >= 11 is 7.11. The van der Waals surface area contributed by atoms with Gasteiger partial charge in [-0.05, 0) is 76.9 Å². The standard InChI is InChI=1S/C26H26Br2N2O3/c1-2-32-25-15-20(24(28)16-26(25)33-18-19-3-5-21(27)6-4-19)17-29-22-7-9-23(10-8-22)30-11-13-31-14-12-30/h3-10,15-17H,2,11-14,18H2,1H3. The van der Waals surface area contributed by atoms with Gasteiger partial charge < -0.3 is 19.1 Å². The van der Waals surface area contributed by atoms with Crippen LogP contribution >= 0.6 is 31.9 Å². The molecule has 0 aliphatic carbocycles. The van der Waals surface area contributed by atoms with E-state index in [1.807, 2.05) is 61.7 Å². The van der Waals surface area contributed by atoms with E-state index < -0.39 is 0 Å². The van der Waals surface area contributed by atoms with Crippen LogP contribution in [0.1, 0.15) is 18.1 Å². The summed E-state index contributed by atoms with van der Waals surface area (Å²) in [5, 5.41) is 0. The predicted molar refractivity (Wildman–Crippen MR) is 141 cm³/mol. The molecular weight excluding hydrogens is 548 g/mol. The lowest BCUT2D eigenvalue weighted by molar-refractivity contribution is 0.122. The summed E-state index contributed by atoms with van der Waals surface area (Å²) in [6, 6.07) is 20.3. The van der Waals surface area contributed by atoms with Crippen LogP contribution in [0.15, 0.2) is 74.6 Å². The Hall–Kier alpha value is -2.35. The van der Waals surface area contributed by atoms with Crippen LogP contribution in [0.25, 0.3) is 0 Å². The van der Waals surface area contributed by atoms with Gasteiger partial charge in [0.25, 0.3) is 0 Å². The maximum atomic E-state index is 6.06. The molecule has 1 fully saturated rings. The van der Waals surface area contributed by atoms with Gasteiger partial charge in [-0.25, -0.2) is 0 Å². The highest BCUT2D eigenvalue weighted by molar-refractivity contribution is 9.10. The van der Waals surface area contributed by atoms with Crippen molar-refractivity contribution in [3.8, 4) is 11.5 Å². The van der Waals surface area contributed by atoms with Crippen LogP contribution in [0.4, 0.5) is 11.4 Å². The first-order valence-corrected chi connectivity index (χ1v) is 12.5. The second-order valence-corrected chi connectivity index (χ2v) is 9.31. The van der Waals surface area contributed by atoms with Gasteiger partial charge in [-0.3, -0.25) is 4.99 Å². The monoisotopic (exact) mass is 572 g/mol. The van der Waals surface area contributed by atoms with Crippen molar-refractivity contribution in [2.75, 3.05) is 37.8 Å². The molecule has 5 nitrogen and oxygen atoms in total. The van der Waals surface area contributed by atoms with Crippen LogP contribution in [0.5, 0.6) is 11.5 Å². The number of nitrogens with zero attached hydrogens (tertiary/aromatic N) is 2. The van der Waals surface area contributed by atoms with Crippen molar-refractivity contribution < 1.29 is 14.2 Å². The predicted octanol–water partition coefficient (Wildman–Crippen LogP) is 6.78. The Morgan fingerprint density at radius 1 is 0.939 bits per heavy atom. The first-order chi connectivity index (χ1) is 16.1. The number of halogens is 2. The highest BCUT2D eigenvalue weighted by atomic mass is 79.9. The molecule has 1 aliphatic heterocycles. The highest BCUT2D eigenvalue weighted by Crippen LogP contribution is 2.34. The zero-order valence-corrected chi connectivity index (χ0v) is 21.6. The molecule has 0 amide bonds. The number of hydrogen-bond donors (Lipinski definition) is 0. The maximum Gasteiger partial charge on any atom is 0.162 e. The summed E-state index contributed by atoms with van der Waals surface area (Å²) in [7, 11) is 0. The first-order valence-electron chi connectivity index (χ1n) is 10.9. The van der Waals surface area contributed by atoms with Crippen molar-refractivity contribution in [3.05, 3.63) is 80.7 Å². The molecule has 3 aromatic rings. The van der Waals surface area contributed by atoms with E-state index in [2.05, 4.69) is 53.9 Å². The summed E-state index contributed by atoms with van der Waals surface area (Å²) in [5.74, 6) is 1.39. The molecule has 0 bridgehead atoms. The van der Waals surface area contributed by atoms with Gasteiger partial charge in [0.2, 0.25) is 0 Å². The number of aliphatic imine (C=N–C) groups is 1. The van der Waals surface area contributed by atoms with Gasteiger partial charge in [-0.15, -0.1) is 0 Å². The van der Waals surface area contributed by atoms with E-state index in [9.17, 15) is 0 Å². The summed E-state index contributed by atoms with van der Waals surface area (Å²) < 4.78 is 19.3. The molecule has 0 saturated carbocycles. The minimum absolute atomic E-state index is 0.461. The van der Waals surface area contributed by atoms with Gasteiger partial charge in [-0.1, -0.05) is 28.1 Å². The fourth-order valence-corrected chi connectivity index (χ4v) is 4.18. The molecule has 0 aromatic heterocycles. The summed E-state index contributed by atoms with van der Waals surface area (Å²) in [6.45, 7) is 6.37. The maximum absolute atomic E-state index is 6.06. The highest BCUT2D eigenvalue weighted by Gasteiger charge is 2.12. The third kappa shape index (κ3) is 6.59. The van der Waals surface area contributed by atoms with E-state index >= 15 is 0 Å². The van der Waals surface area contributed by atoms with Crippen molar-refractivity contribution in [3.63, 3.8) is 0 Å². The Bertz CT molecular complexity index is 1080. The van der Waals surface area contributed by atoms with Crippen molar-refractivity contribution in [1.82, 2.24) is 0 Å². The second kappa shape index (κ2) is 11.7. The lowest BCUT2D eigenvalue weighted by Crippen LogP contribution is -2.36. The van der Waals surface area contributed by atoms with Crippen LogP contribution in [0.2, 0.25) is 0 Å². The lowest BCUT2D eigenvalue weighted by Gasteiger charge is -2.28. The second-order valence-electron chi connectivity index (χ2n) is 7.54. The molecule has 1 saturated heterocycles. The molecule has 0 unspecified atom stereocenters. The Kier molecular flexibility index (Phi) is 8.42. The largest absolute Gasteiger partial charge is 0.490 e. The summed E-state index contributed by atoms with van der Waals surface area (Å²) in [5.41, 5.74) is 4.10. The van der Waals surface area contributed by atoms with Gasteiger partial charge >= 0.3 is 0 Å². The molecule has 172 valence electrons. The normalized spacial score (nSPS) is 14.0. The number of morpholine rings is 1. The third-order valence-electron chi connectivity index (χ3n) is 5.25. The smallest absolute Gasteiger partial charge is 0.162 e. The summed E-state index contributed by atoms with van der Waals surface area (Å²) in [4.78, 5) is 6.99. The molecule has 0 radical (unpaired) electrons. The van der Waals surface area contributed by atoms with E-state index in [0.717, 1.165) is 52.1 Å². The Labute approximate surface area is 211 Å². The van der Waals surface area contributed by atoms with Gasteiger partial charge in [0.1, 0.15) is 6.61 Å². The van der Waals surface area contributed by atoms with Crippen LogP contribution in [0, 0.1) is 0 Å². The number of benzene rings is 3. The van der Waals surface area contributed by atoms with Crippen LogP contribution in [-0.4, -0.2) is 39.1 Å².